The van der Waals surface area contributed by atoms with Crippen LogP contribution in [0.25, 0.3) is 0 Å². The predicted octanol–water partition coefficient (Wildman–Crippen LogP) is -0.366. The van der Waals surface area contributed by atoms with Crippen LogP contribution in [0.3, 0.4) is 0 Å². The van der Waals surface area contributed by atoms with Gasteiger partial charge in [0.15, 0.2) is 9.84 Å². The highest BCUT2D eigenvalue weighted by atomic mass is 32.2. The minimum atomic E-state index is -2.96. The molecule has 0 spiro atoms. The van der Waals surface area contributed by atoms with E-state index >= 15 is 0 Å². The summed E-state index contributed by atoms with van der Waals surface area (Å²) in [6.45, 7) is 4.12. The fourth-order valence-electron chi connectivity index (χ4n) is 3.34. The number of piperazine rings is 1. The number of anilines is 1. The van der Waals surface area contributed by atoms with Crippen LogP contribution in [0.15, 0.2) is 18.5 Å². The van der Waals surface area contributed by atoms with Gasteiger partial charge in [0.05, 0.1) is 11.5 Å². The van der Waals surface area contributed by atoms with Crippen molar-refractivity contribution in [1.29, 1.82) is 0 Å². The van der Waals surface area contributed by atoms with Gasteiger partial charge < -0.3 is 9.80 Å². The minimum Gasteiger partial charge on any atom is -0.342 e. The van der Waals surface area contributed by atoms with E-state index < -0.39 is 9.84 Å². The summed E-state index contributed by atoms with van der Waals surface area (Å²) < 4.78 is 23.1. The van der Waals surface area contributed by atoms with Gasteiger partial charge in [0.1, 0.15) is 0 Å². The fraction of sp³-hybridized carbons (Fsp3) is 0.688. The van der Waals surface area contributed by atoms with Crippen molar-refractivity contribution in [2.75, 3.05) is 56.2 Å². The number of carbonyl (C=O) groups excluding carboxylic acids is 1. The van der Waals surface area contributed by atoms with Crippen molar-refractivity contribution < 1.29 is 13.2 Å². The fourth-order valence-corrected chi connectivity index (χ4v) is 5.11. The molecule has 2 saturated heterocycles. The molecule has 2 aliphatic rings. The first-order valence-electron chi connectivity index (χ1n) is 8.65. The molecular formula is C16H25N5O3S. The van der Waals surface area contributed by atoms with Crippen molar-refractivity contribution in [3.8, 4) is 0 Å². The summed E-state index contributed by atoms with van der Waals surface area (Å²) in [5.74, 6) is 1.07. The van der Waals surface area contributed by atoms with Crippen molar-refractivity contribution in [3.63, 3.8) is 0 Å². The molecule has 0 radical (unpaired) electrons. The van der Waals surface area contributed by atoms with Crippen LogP contribution >= 0.6 is 0 Å². The average Bonchev–Trinajstić information content (AvgIpc) is 3.00. The molecule has 1 unspecified atom stereocenters. The molecule has 0 N–H and O–H groups in total. The molecule has 0 bridgehead atoms. The Kier molecular flexibility index (Phi) is 5.53. The maximum atomic E-state index is 12.3. The topological polar surface area (TPSA) is 86.7 Å². The number of sulfone groups is 1. The second-order valence-corrected chi connectivity index (χ2v) is 8.92. The van der Waals surface area contributed by atoms with E-state index in [9.17, 15) is 13.2 Å². The predicted molar refractivity (Wildman–Crippen MR) is 95.1 cm³/mol. The Morgan fingerprint density at radius 2 is 1.92 bits per heavy atom. The molecule has 1 aromatic rings. The van der Waals surface area contributed by atoms with E-state index in [1.807, 2.05) is 0 Å². The second kappa shape index (κ2) is 7.65. The molecule has 2 fully saturated rings. The third-order valence-corrected chi connectivity index (χ3v) is 6.75. The molecule has 3 rings (SSSR count). The van der Waals surface area contributed by atoms with Crippen LogP contribution in [0.4, 0.5) is 5.95 Å². The number of aromatic nitrogens is 2. The van der Waals surface area contributed by atoms with E-state index in [1.54, 1.807) is 30.4 Å². The first-order valence-corrected chi connectivity index (χ1v) is 10.5. The molecule has 1 amide bonds. The molecule has 25 heavy (non-hydrogen) atoms. The largest absolute Gasteiger partial charge is 0.342 e. The molecule has 2 aliphatic heterocycles. The first-order chi connectivity index (χ1) is 11.9. The summed E-state index contributed by atoms with van der Waals surface area (Å²) in [7, 11) is -1.24. The zero-order valence-corrected chi connectivity index (χ0v) is 15.4. The van der Waals surface area contributed by atoms with Gasteiger partial charge in [-0.1, -0.05) is 0 Å². The Labute approximate surface area is 148 Å². The third-order valence-electron chi connectivity index (χ3n) is 5.00. The van der Waals surface area contributed by atoms with Crippen LogP contribution in [0.2, 0.25) is 0 Å². The number of nitrogens with zero attached hydrogens (tertiary/aromatic N) is 5. The van der Waals surface area contributed by atoms with Gasteiger partial charge >= 0.3 is 0 Å². The molecular weight excluding hydrogens is 342 g/mol. The van der Waals surface area contributed by atoms with Crippen LogP contribution < -0.4 is 4.90 Å². The maximum absolute atomic E-state index is 12.3. The van der Waals surface area contributed by atoms with Crippen LogP contribution in [-0.2, 0) is 14.6 Å². The lowest BCUT2D eigenvalue weighted by Crippen LogP contribution is -2.48. The highest BCUT2D eigenvalue weighted by Gasteiger charge is 2.32. The van der Waals surface area contributed by atoms with Gasteiger partial charge in [-0.3, -0.25) is 9.69 Å². The van der Waals surface area contributed by atoms with Crippen molar-refractivity contribution in [2.45, 2.75) is 18.9 Å². The Morgan fingerprint density at radius 3 is 2.52 bits per heavy atom. The second-order valence-electron chi connectivity index (χ2n) is 6.69. The van der Waals surface area contributed by atoms with E-state index in [0.717, 1.165) is 32.1 Å². The SMILES string of the molecule is CN(C(=O)CCN1CCN(c2ncccn2)CC1)C1CCS(=O)(=O)C1. The van der Waals surface area contributed by atoms with E-state index in [0.29, 0.717) is 19.4 Å². The third kappa shape index (κ3) is 4.66. The zero-order chi connectivity index (χ0) is 17.9. The summed E-state index contributed by atoms with van der Waals surface area (Å²) >= 11 is 0. The summed E-state index contributed by atoms with van der Waals surface area (Å²) in [4.78, 5) is 26.9. The van der Waals surface area contributed by atoms with Crippen LogP contribution in [-0.4, -0.2) is 91.4 Å². The zero-order valence-electron chi connectivity index (χ0n) is 14.5. The van der Waals surface area contributed by atoms with Crippen molar-refractivity contribution in [2.24, 2.45) is 0 Å². The Balaban J connectivity index is 1.41. The summed E-state index contributed by atoms with van der Waals surface area (Å²) in [5, 5.41) is 0. The van der Waals surface area contributed by atoms with Gasteiger partial charge in [-0.05, 0) is 12.5 Å². The monoisotopic (exact) mass is 367 g/mol. The first kappa shape index (κ1) is 18.1. The van der Waals surface area contributed by atoms with Gasteiger partial charge in [0, 0.05) is 64.6 Å². The molecule has 9 heteroatoms. The van der Waals surface area contributed by atoms with Crippen molar-refractivity contribution in [1.82, 2.24) is 19.8 Å². The molecule has 1 aromatic heterocycles. The number of carbonyl (C=O) groups is 1. The van der Waals surface area contributed by atoms with Gasteiger partial charge in [-0.25, -0.2) is 18.4 Å². The minimum absolute atomic E-state index is 0.0240. The Hall–Kier alpha value is -1.74. The van der Waals surface area contributed by atoms with E-state index in [-0.39, 0.29) is 23.5 Å². The number of hydrogen-bond donors (Lipinski definition) is 0. The molecule has 1 atom stereocenters. The van der Waals surface area contributed by atoms with Gasteiger partial charge in [-0.15, -0.1) is 0 Å². The summed E-state index contributed by atoms with van der Waals surface area (Å²) in [6, 6.07) is 1.64. The number of amides is 1. The molecule has 0 aromatic carbocycles. The van der Waals surface area contributed by atoms with E-state index in [2.05, 4.69) is 19.8 Å². The van der Waals surface area contributed by atoms with Gasteiger partial charge in [0.25, 0.3) is 0 Å². The van der Waals surface area contributed by atoms with Gasteiger partial charge in [0.2, 0.25) is 11.9 Å². The molecule has 3 heterocycles. The Bertz CT molecular complexity index is 689. The van der Waals surface area contributed by atoms with Crippen molar-refractivity contribution >= 4 is 21.7 Å². The average molecular weight is 367 g/mol. The van der Waals surface area contributed by atoms with Crippen LogP contribution in [0, 0.1) is 0 Å². The Morgan fingerprint density at radius 1 is 1.24 bits per heavy atom. The lowest BCUT2D eigenvalue weighted by Gasteiger charge is -2.35. The highest BCUT2D eigenvalue weighted by Crippen LogP contribution is 2.17. The van der Waals surface area contributed by atoms with E-state index in [1.165, 1.54) is 0 Å². The normalized spacial score (nSPS) is 23.6. The molecule has 138 valence electrons. The lowest BCUT2D eigenvalue weighted by atomic mass is 10.2. The quantitative estimate of drug-likeness (QED) is 0.702. The molecule has 0 saturated carbocycles. The summed E-state index contributed by atoms with van der Waals surface area (Å²) in [6.07, 6.45) is 4.47. The van der Waals surface area contributed by atoms with Gasteiger partial charge in [-0.2, -0.15) is 0 Å². The molecule has 0 aliphatic carbocycles. The number of hydrogen-bond acceptors (Lipinski definition) is 7. The van der Waals surface area contributed by atoms with Crippen LogP contribution in [0.1, 0.15) is 12.8 Å². The van der Waals surface area contributed by atoms with Crippen molar-refractivity contribution in [3.05, 3.63) is 18.5 Å². The number of rotatable bonds is 5. The summed E-state index contributed by atoms with van der Waals surface area (Å²) in [5.41, 5.74) is 0. The van der Waals surface area contributed by atoms with E-state index in [4.69, 9.17) is 0 Å². The van der Waals surface area contributed by atoms with Crippen LogP contribution in [0.5, 0.6) is 0 Å². The highest BCUT2D eigenvalue weighted by molar-refractivity contribution is 7.91. The smallest absolute Gasteiger partial charge is 0.225 e. The maximum Gasteiger partial charge on any atom is 0.225 e. The standard InChI is InChI=1S/C16H25N5O3S/c1-19(14-4-12-25(23,24)13-14)15(22)3-7-20-8-10-21(11-9-20)16-17-5-2-6-18-16/h2,5-6,14H,3-4,7-13H2,1H3. The lowest BCUT2D eigenvalue weighted by molar-refractivity contribution is -0.131. The molecule has 8 nitrogen and oxygen atoms in total.